The van der Waals surface area contributed by atoms with Crippen molar-refractivity contribution >= 4 is 29.7 Å². The Labute approximate surface area is 124 Å². The van der Waals surface area contributed by atoms with Gasteiger partial charge in [0.05, 0.1) is 6.04 Å². The first-order chi connectivity index (χ1) is 8.75. The Morgan fingerprint density at radius 1 is 1.58 bits per heavy atom. The van der Waals surface area contributed by atoms with Crippen molar-refractivity contribution in [3.63, 3.8) is 0 Å². The van der Waals surface area contributed by atoms with Crippen LogP contribution >= 0.6 is 23.7 Å². The highest BCUT2D eigenvalue weighted by atomic mass is 35.5. The van der Waals surface area contributed by atoms with Crippen molar-refractivity contribution in [3.05, 3.63) is 21.9 Å². The lowest BCUT2D eigenvalue weighted by molar-refractivity contribution is -0.134. The summed E-state index contributed by atoms with van der Waals surface area (Å²) in [6.45, 7) is 4.12. The van der Waals surface area contributed by atoms with Gasteiger partial charge in [-0.3, -0.25) is 4.79 Å². The molecule has 106 valence electrons. The highest BCUT2D eigenvalue weighted by Crippen LogP contribution is 2.33. The van der Waals surface area contributed by atoms with E-state index in [1.54, 1.807) is 0 Å². The van der Waals surface area contributed by atoms with Gasteiger partial charge >= 0.3 is 0 Å². The fraction of sp³-hybridized carbons (Fsp3) is 0.643. The summed E-state index contributed by atoms with van der Waals surface area (Å²) in [5.74, 6) is 0.318. The highest BCUT2D eigenvalue weighted by Gasteiger charge is 2.29. The van der Waals surface area contributed by atoms with Crippen molar-refractivity contribution < 1.29 is 4.79 Å². The number of hydrogen-bond donors (Lipinski definition) is 1. The maximum Gasteiger partial charge on any atom is 0.224 e. The van der Waals surface area contributed by atoms with Gasteiger partial charge in [0, 0.05) is 23.9 Å². The van der Waals surface area contributed by atoms with Crippen LogP contribution in [0.1, 0.15) is 42.7 Å². The van der Waals surface area contributed by atoms with Crippen LogP contribution in [-0.4, -0.2) is 29.9 Å². The number of nitrogens with one attached hydrogen (secondary N) is 1. The molecule has 0 aliphatic carbocycles. The number of rotatable bonds is 2. The lowest BCUT2D eigenvalue weighted by Gasteiger charge is -2.34. The number of hydrogen-bond acceptors (Lipinski definition) is 3. The summed E-state index contributed by atoms with van der Waals surface area (Å²) >= 11 is 1.83. The van der Waals surface area contributed by atoms with Gasteiger partial charge in [0.2, 0.25) is 5.91 Å². The molecule has 3 nitrogen and oxygen atoms in total. The molecule has 2 unspecified atom stereocenters. The van der Waals surface area contributed by atoms with Crippen LogP contribution in [0.3, 0.4) is 0 Å². The molecule has 2 aliphatic heterocycles. The molecule has 1 N–H and O–H groups in total. The number of amides is 1. The van der Waals surface area contributed by atoms with Crippen LogP contribution in [0.5, 0.6) is 0 Å². The SMILES string of the molecule is CC1c2ccsc2CCN1C(=O)CC1CCCN1.Cl. The predicted molar refractivity (Wildman–Crippen MR) is 81.0 cm³/mol. The van der Waals surface area contributed by atoms with Crippen LogP contribution in [0.15, 0.2) is 11.4 Å². The molecule has 2 atom stereocenters. The number of nitrogens with zero attached hydrogens (tertiary/aromatic N) is 1. The number of thiophene rings is 1. The van der Waals surface area contributed by atoms with Gasteiger partial charge in [0.1, 0.15) is 0 Å². The summed E-state index contributed by atoms with van der Waals surface area (Å²) in [5.41, 5.74) is 1.36. The zero-order valence-electron chi connectivity index (χ0n) is 11.2. The van der Waals surface area contributed by atoms with Crippen LogP contribution in [0.4, 0.5) is 0 Å². The molecule has 19 heavy (non-hydrogen) atoms. The minimum absolute atomic E-state index is 0. The summed E-state index contributed by atoms with van der Waals surface area (Å²) < 4.78 is 0. The van der Waals surface area contributed by atoms with E-state index in [9.17, 15) is 4.79 Å². The van der Waals surface area contributed by atoms with Gasteiger partial charge in [-0.15, -0.1) is 23.7 Å². The Morgan fingerprint density at radius 2 is 2.42 bits per heavy atom. The van der Waals surface area contributed by atoms with E-state index in [0.29, 0.717) is 18.4 Å². The van der Waals surface area contributed by atoms with E-state index < -0.39 is 0 Å². The molecule has 0 spiro atoms. The number of carbonyl (C=O) groups is 1. The van der Waals surface area contributed by atoms with Crippen molar-refractivity contribution in [1.29, 1.82) is 0 Å². The Morgan fingerprint density at radius 3 is 3.16 bits per heavy atom. The maximum absolute atomic E-state index is 12.4. The van der Waals surface area contributed by atoms with E-state index in [1.807, 2.05) is 11.3 Å². The molecule has 1 amide bonds. The molecule has 5 heteroatoms. The first-order valence-corrected chi connectivity index (χ1v) is 7.73. The third-order valence-corrected chi connectivity index (χ3v) is 5.18. The molecular formula is C14H21ClN2OS. The van der Waals surface area contributed by atoms with Crippen molar-refractivity contribution in [2.24, 2.45) is 0 Å². The molecule has 1 fully saturated rings. The maximum atomic E-state index is 12.4. The average molecular weight is 301 g/mol. The molecule has 2 aliphatic rings. The Hall–Kier alpha value is -0.580. The summed E-state index contributed by atoms with van der Waals surface area (Å²) in [5, 5.41) is 5.56. The lowest BCUT2D eigenvalue weighted by Crippen LogP contribution is -2.40. The third-order valence-electron chi connectivity index (χ3n) is 4.18. The fourth-order valence-electron chi connectivity index (χ4n) is 3.11. The summed E-state index contributed by atoms with van der Waals surface area (Å²) in [7, 11) is 0. The van der Waals surface area contributed by atoms with Crippen LogP contribution in [0.25, 0.3) is 0 Å². The second-order valence-electron chi connectivity index (χ2n) is 5.31. The minimum Gasteiger partial charge on any atom is -0.335 e. The van der Waals surface area contributed by atoms with Crippen molar-refractivity contribution in [2.75, 3.05) is 13.1 Å². The number of fused-ring (bicyclic) bond motifs is 1. The molecule has 0 bridgehead atoms. The standard InChI is InChI=1S/C14H20N2OS.ClH/c1-10-12-5-8-18-13(12)4-7-16(10)14(17)9-11-3-2-6-15-11;/h5,8,10-11,15H,2-4,6-7,9H2,1H3;1H. The predicted octanol–water partition coefficient (Wildman–Crippen LogP) is 2.76. The van der Waals surface area contributed by atoms with E-state index in [2.05, 4.69) is 28.6 Å². The summed E-state index contributed by atoms with van der Waals surface area (Å²) in [6.07, 6.45) is 4.06. The summed E-state index contributed by atoms with van der Waals surface area (Å²) in [6, 6.07) is 2.85. The second kappa shape index (κ2) is 6.25. The molecule has 3 heterocycles. The Balaban J connectivity index is 0.00000133. The first-order valence-electron chi connectivity index (χ1n) is 6.85. The topological polar surface area (TPSA) is 32.3 Å². The number of carbonyl (C=O) groups excluding carboxylic acids is 1. The van der Waals surface area contributed by atoms with Gasteiger partial charge in [-0.1, -0.05) is 0 Å². The Kier molecular flexibility index (Phi) is 4.87. The van der Waals surface area contributed by atoms with Crippen molar-refractivity contribution in [1.82, 2.24) is 10.2 Å². The largest absolute Gasteiger partial charge is 0.335 e. The van der Waals surface area contributed by atoms with Gasteiger partial charge < -0.3 is 10.2 Å². The third kappa shape index (κ3) is 2.96. The fourth-order valence-corrected chi connectivity index (χ4v) is 4.07. The van der Waals surface area contributed by atoms with Crippen molar-refractivity contribution in [2.45, 2.75) is 44.7 Å². The first kappa shape index (κ1) is 14.8. The molecule has 0 aromatic carbocycles. The molecule has 3 rings (SSSR count). The van der Waals surface area contributed by atoms with Crippen LogP contribution in [-0.2, 0) is 11.2 Å². The van der Waals surface area contributed by atoms with E-state index in [1.165, 1.54) is 16.9 Å². The molecule has 1 saturated heterocycles. The van der Waals surface area contributed by atoms with Gasteiger partial charge in [0.25, 0.3) is 0 Å². The van der Waals surface area contributed by atoms with E-state index in [4.69, 9.17) is 0 Å². The van der Waals surface area contributed by atoms with E-state index in [0.717, 1.165) is 25.9 Å². The Bertz CT molecular complexity index is 442. The molecule has 0 radical (unpaired) electrons. The molecule has 1 aromatic heterocycles. The molecule has 0 saturated carbocycles. The quantitative estimate of drug-likeness (QED) is 0.911. The van der Waals surface area contributed by atoms with Gasteiger partial charge in [-0.25, -0.2) is 0 Å². The highest BCUT2D eigenvalue weighted by molar-refractivity contribution is 7.10. The normalized spacial score (nSPS) is 25.8. The van der Waals surface area contributed by atoms with Gasteiger partial charge in [-0.2, -0.15) is 0 Å². The van der Waals surface area contributed by atoms with Crippen LogP contribution in [0, 0.1) is 0 Å². The summed E-state index contributed by atoms with van der Waals surface area (Å²) in [4.78, 5) is 15.9. The van der Waals surface area contributed by atoms with Crippen LogP contribution < -0.4 is 5.32 Å². The molecular weight excluding hydrogens is 280 g/mol. The average Bonchev–Trinajstić information content (AvgIpc) is 2.99. The second-order valence-corrected chi connectivity index (χ2v) is 6.31. The van der Waals surface area contributed by atoms with Gasteiger partial charge in [-0.05, 0) is 49.7 Å². The van der Waals surface area contributed by atoms with E-state index in [-0.39, 0.29) is 18.4 Å². The monoisotopic (exact) mass is 300 g/mol. The smallest absolute Gasteiger partial charge is 0.224 e. The zero-order chi connectivity index (χ0) is 12.5. The zero-order valence-corrected chi connectivity index (χ0v) is 12.9. The van der Waals surface area contributed by atoms with Gasteiger partial charge in [0.15, 0.2) is 0 Å². The van der Waals surface area contributed by atoms with E-state index >= 15 is 0 Å². The lowest BCUT2D eigenvalue weighted by atomic mass is 10.0. The minimum atomic E-state index is 0. The van der Waals surface area contributed by atoms with Crippen molar-refractivity contribution in [3.8, 4) is 0 Å². The van der Waals surface area contributed by atoms with Crippen LogP contribution in [0.2, 0.25) is 0 Å². The number of halogens is 1. The molecule has 1 aromatic rings.